The fourth-order valence-corrected chi connectivity index (χ4v) is 2.12. The highest BCUT2D eigenvalue weighted by molar-refractivity contribution is 6.03. The number of carbonyl (C=O) groups is 1. The second-order valence-corrected chi connectivity index (χ2v) is 4.81. The molecule has 0 radical (unpaired) electrons. The first kappa shape index (κ1) is 14.4. The van der Waals surface area contributed by atoms with Crippen LogP contribution in [0.2, 0.25) is 0 Å². The minimum atomic E-state index is -0.485. The fraction of sp³-hybridized carbons (Fsp3) is 0.267. The van der Waals surface area contributed by atoms with Gasteiger partial charge in [-0.3, -0.25) is 4.79 Å². The number of nitrogens with one attached hydrogen (secondary N) is 1. The van der Waals surface area contributed by atoms with Crippen LogP contribution in [0.15, 0.2) is 36.7 Å². The van der Waals surface area contributed by atoms with Gasteiger partial charge in [0.2, 0.25) is 5.95 Å². The molecule has 1 saturated heterocycles. The first-order chi connectivity index (χ1) is 10.7. The highest BCUT2D eigenvalue weighted by atomic mass is 19.1. The monoisotopic (exact) mass is 302 g/mol. The van der Waals surface area contributed by atoms with Crippen molar-refractivity contribution in [3.8, 4) is 0 Å². The van der Waals surface area contributed by atoms with E-state index in [2.05, 4.69) is 15.3 Å². The molecule has 3 rings (SSSR count). The Morgan fingerprint density at radius 2 is 1.86 bits per heavy atom. The molecule has 114 valence electrons. The fourth-order valence-electron chi connectivity index (χ4n) is 2.12. The van der Waals surface area contributed by atoms with Crippen LogP contribution in [-0.2, 0) is 4.74 Å². The average molecular weight is 302 g/mol. The van der Waals surface area contributed by atoms with Crippen molar-refractivity contribution in [1.82, 2.24) is 9.97 Å². The molecule has 7 heteroatoms. The molecule has 1 amide bonds. The summed E-state index contributed by atoms with van der Waals surface area (Å²) in [6.07, 6.45) is 2.88. The summed E-state index contributed by atoms with van der Waals surface area (Å²) < 4.78 is 18.8. The van der Waals surface area contributed by atoms with Crippen LogP contribution >= 0.6 is 0 Å². The second kappa shape index (κ2) is 6.48. The smallest absolute Gasteiger partial charge is 0.258 e. The van der Waals surface area contributed by atoms with E-state index in [9.17, 15) is 9.18 Å². The third-order valence-corrected chi connectivity index (χ3v) is 3.32. The largest absolute Gasteiger partial charge is 0.378 e. The van der Waals surface area contributed by atoms with Crippen LogP contribution in [0.5, 0.6) is 0 Å². The summed E-state index contributed by atoms with van der Waals surface area (Å²) in [6.45, 7) is 2.72. The van der Waals surface area contributed by atoms with Crippen LogP contribution < -0.4 is 10.2 Å². The van der Waals surface area contributed by atoms with E-state index in [1.54, 1.807) is 12.1 Å². The molecule has 2 heterocycles. The van der Waals surface area contributed by atoms with E-state index in [-0.39, 0.29) is 11.3 Å². The van der Waals surface area contributed by atoms with Gasteiger partial charge >= 0.3 is 0 Å². The van der Waals surface area contributed by atoms with Crippen LogP contribution in [0.25, 0.3) is 0 Å². The minimum Gasteiger partial charge on any atom is -0.378 e. The topological polar surface area (TPSA) is 67.4 Å². The van der Waals surface area contributed by atoms with E-state index in [0.29, 0.717) is 19.2 Å². The Morgan fingerprint density at radius 1 is 1.18 bits per heavy atom. The molecule has 1 aromatic carbocycles. The Morgan fingerprint density at radius 3 is 2.55 bits per heavy atom. The number of anilines is 2. The maximum atomic E-state index is 13.5. The lowest BCUT2D eigenvalue weighted by molar-refractivity contribution is 0.102. The summed E-state index contributed by atoms with van der Waals surface area (Å²) in [4.78, 5) is 22.4. The molecule has 0 saturated carbocycles. The first-order valence-corrected chi connectivity index (χ1v) is 6.94. The number of ether oxygens (including phenoxy) is 1. The minimum absolute atomic E-state index is 0.129. The summed E-state index contributed by atoms with van der Waals surface area (Å²) in [6, 6.07) is 5.99. The van der Waals surface area contributed by atoms with Crippen molar-refractivity contribution in [2.45, 2.75) is 0 Å². The predicted octanol–water partition coefficient (Wildman–Crippen LogP) is 1.70. The van der Waals surface area contributed by atoms with E-state index < -0.39 is 11.7 Å². The molecular formula is C15H15FN4O2. The number of nitrogens with zero attached hydrogens (tertiary/aromatic N) is 3. The van der Waals surface area contributed by atoms with Crippen molar-refractivity contribution >= 4 is 17.5 Å². The molecule has 0 aliphatic carbocycles. The number of morpholine rings is 1. The number of hydrogen-bond donors (Lipinski definition) is 1. The van der Waals surface area contributed by atoms with Crippen LogP contribution in [0.4, 0.5) is 16.0 Å². The lowest BCUT2D eigenvalue weighted by Gasteiger charge is -2.26. The number of aromatic nitrogens is 2. The SMILES string of the molecule is O=C(Nc1ccccc1F)c1cnc(N2CCOCC2)nc1. The molecule has 0 unspecified atom stereocenters. The molecule has 0 spiro atoms. The van der Waals surface area contributed by atoms with Gasteiger partial charge in [0.25, 0.3) is 5.91 Å². The number of rotatable bonds is 3. The van der Waals surface area contributed by atoms with Crippen molar-refractivity contribution in [2.75, 3.05) is 36.5 Å². The van der Waals surface area contributed by atoms with Gasteiger partial charge in [-0.2, -0.15) is 0 Å². The lowest BCUT2D eigenvalue weighted by atomic mass is 10.2. The Kier molecular flexibility index (Phi) is 4.24. The van der Waals surface area contributed by atoms with Crippen LogP contribution in [0.1, 0.15) is 10.4 Å². The van der Waals surface area contributed by atoms with Gasteiger partial charge in [-0.1, -0.05) is 12.1 Å². The Balaban J connectivity index is 1.69. The predicted molar refractivity (Wildman–Crippen MR) is 79.4 cm³/mol. The Bertz CT molecular complexity index is 657. The Hall–Kier alpha value is -2.54. The van der Waals surface area contributed by atoms with E-state index in [4.69, 9.17) is 4.74 Å². The second-order valence-electron chi connectivity index (χ2n) is 4.81. The molecule has 22 heavy (non-hydrogen) atoms. The maximum Gasteiger partial charge on any atom is 0.258 e. The van der Waals surface area contributed by atoms with E-state index >= 15 is 0 Å². The normalized spacial score (nSPS) is 14.7. The van der Waals surface area contributed by atoms with E-state index in [1.165, 1.54) is 24.5 Å². The molecule has 1 N–H and O–H groups in total. The van der Waals surface area contributed by atoms with Crippen molar-refractivity contribution < 1.29 is 13.9 Å². The molecule has 1 fully saturated rings. The summed E-state index contributed by atoms with van der Waals surface area (Å²) in [5.74, 6) is -0.369. The molecule has 0 bridgehead atoms. The summed E-state index contributed by atoms with van der Waals surface area (Å²) >= 11 is 0. The van der Waals surface area contributed by atoms with Gasteiger partial charge in [-0.25, -0.2) is 14.4 Å². The molecule has 2 aromatic rings. The first-order valence-electron chi connectivity index (χ1n) is 6.94. The number of amides is 1. The number of halogens is 1. The molecule has 1 aliphatic rings. The van der Waals surface area contributed by atoms with Crippen molar-refractivity contribution in [2.24, 2.45) is 0 Å². The van der Waals surface area contributed by atoms with Gasteiger partial charge in [0.15, 0.2) is 0 Å². The zero-order valence-corrected chi connectivity index (χ0v) is 11.8. The van der Waals surface area contributed by atoms with Gasteiger partial charge < -0.3 is 15.0 Å². The highest BCUT2D eigenvalue weighted by Gasteiger charge is 2.15. The zero-order chi connectivity index (χ0) is 15.4. The highest BCUT2D eigenvalue weighted by Crippen LogP contribution is 2.14. The van der Waals surface area contributed by atoms with E-state index in [0.717, 1.165) is 13.1 Å². The van der Waals surface area contributed by atoms with Gasteiger partial charge in [0.1, 0.15) is 5.82 Å². The number of benzene rings is 1. The van der Waals surface area contributed by atoms with Crippen molar-refractivity contribution in [3.63, 3.8) is 0 Å². The van der Waals surface area contributed by atoms with Crippen LogP contribution in [0, 0.1) is 5.82 Å². The molecule has 1 aliphatic heterocycles. The maximum absolute atomic E-state index is 13.5. The number of carbonyl (C=O) groups excluding carboxylic acids is 1. The molecular weight excluding hydrogens is 287 g/mol. The van der Waals surface area contributed by atoms with Crippen molar-refractivity contribution in [1.29, 1.82) is 0 Å². The summed E-state index contributed by atoms with van der Waals surface area (Å²) in [5, 5.41) is 2.50. The molecule has 0 atom stereocenters. The number of hydrogen-bond acceptors (Lipinski definition) is 5. The van der Waals surface area contributed by atoms with Gasteiger partial charge in [0, 0.05) is 25.5 Å². The summed E-state index contributed by atoms with van der Waals surface area (Å²) in [7, 11) is 0. The quantitative estimate of drug-likeness (QED) is 0.935. The van der Waals surface area contributed by atoms with Gasteiger partial charge in [0.05, 0.1) is 24.5 Å². The molecule has 1 aromatic heterocycles. The summed E-state index contributed by atoms with van der Waals surface area (Å²) in [5.41, 5.74) is 0.407. The third-order valence-electron chi connectivity index (χ3n) is 3.32. The third kappa shape index (κ3) is 3.20. The van der Waals surface area contributed by atoms with E-state index in [1.807, 2.05) is 4.90 Å². The van der Waals surface area contributed by atoms with Gasteiger partial charge in [-0.05, 0) is 12.1 Å². The molecule has 6 nitrogen and oxygen atoms in total. The Labute approximate surface area is 126 Å². The average Bonchev–Trinajstić information content (AvgIpc) is 2.58. The van der Waals surface area contributed by atoms with Crippen LogP contribution in [-0.4, -0.2) is 42.2 Å². The zero-order valence-electron chi connectivity index (χ0n) is 11.8. The number of para-hydroxylation sites is 1. The standard InChI is InChI=1S/C15H15FN4O2/c16-12-3-1-2-4-13(12)19-14(21)11-9-17-15(18-10-11)20-5-7-22-8-6-20/h1-4,9-10H,5-8H2,(H,19,21). The van der Waals surface area contributed by atoms with Crippen molar-refractivity contribution in [3.05, 3.63) is 48.0 Å². The lowest BCUT2D eigenvalue weighted by Crippen LogP contribution is -2.37. The van der Waals surface area contributed by atoms with Gasteiger partial charge in [-0.15, -0.1) is 0 Å². The van der Waals surface area contributed by atoms with Crippen LogP contribution in [0.3, 0.4) is 0 Å².